The van der Waals surface area contributed by atoms with Crippen LogP contribution < -0.4 is 13.8 Å². The summed E-state index contributed by atoms with van der Waals surface area (Å²) in [7, 11) is -1.05. The fourth-order valence-electron chi connectivity index (χ4n) is 3.16. The van der Waals surface area contributed by atoms with Crippen molar-refractivity contribution >= 4 is 27.3 Å². The zero-order valence-electron chi connectivity index (χ0n) is 17.6. The van der Waals surface area contributed by atoms with Gasteiger partial charge in [-0.05, 0) is 66.9 Å². The maximum atomic E-state index is 14.4. The molecule has 0 spiro atoms. The van der Waals surface area contributed by atoms with Crippen LogP contribution in [0.1, 0.15) is 16.7 Å². The van der Waals surface area contributed by atoms with Crippen LogP contribution in [0.15, 0.2) is 59.5 Å². The Hall–Kier alpha value is -2.77. The molecule has 0 amide bonds. The first-order valence-electron chi connectivity index (χ1n) is 9.43. The molecule has 3 rings (SSSR count). The minimum absolute atomic E-state index is 0.0517. The van der Waals surface area contributed by atoms with Crippen molar-refractivity contribution in [2.45, 2.75) is 25.3 Å². The Morgan fingerprint density at radius 2 is 1.61 bits per heavy atom. The number of halogens is 2. The highest BCUT2D eigenvalue weighted by Crippen LogP contribution is 2.32. The maximum absolute atomic E-state index is 14.4. The second kappa shape index (κ2) is 9.16. The molecule has 0 aliphatic rings. The lowest BCUT2D eigenvalue weighted by Crippen LogP contribution is -2.31. The Labute approximate surface area is 187 Å². The van der Waals surface area contributed by atoms with Gasteiger partial charge in [0.15, 0.2) is 0 Å². The van der Waals surface area contributed by atoms with Gasteiger partial charge < -0.3 is 9.47 Å². The molecule has 5 nitrogen and oxygen atoms in total. The Morgan fingerprint density at radius 1 is 0.968 bits per heavy atom. The van der Waals surface area contributed by atoms with Crippen LogP contribution in [0.5, 0.6) is 11.5 Å². The van der Waals surface area contributed by atoms with Gasteiger partial charge in [-0.15, -0.1) is 0 Å². The second-order valence-corrected chi connectivity index (χ2v) is 9.27. The highest BCUT2D eigenvalue weighted by atomic mass is 35.5. The summed E-state index contributed by atoms with van der Waals surface area (Å²) in [4.78, 5) is 0.0517. The molecule has 8 heteroatoms. The first kappa shape index (κ1) is 22.9. The van der Waals surface area contributed by atoms with E-state index >= 15 is 0 Å². The van der Waals surface area contributed by atoms with Gasteiger partial charge in [-0.3, -0.25) is 4.31 Å². The summed E-state index contributed by atoms with van der Waals surface area (Å²) in [6.45, 7) is 3.19. The summed E-state index contributed by atoms with van der Waals surface area (Å²) < 4.78 is 53.5. The molecule has 3 aromatic carbocycles. The summed E-state index contributed by atoms with van der Waals surface area (Å²) >= 11 is 6.18. The van der Waals surface area contributed by atoms with E-state index in [1.165, 1.54) is 26.4 Å². The van der Waals surface area contributed by atoms with E-state index in [1.54, 1.807) is 56.3 Å². The van der Waals surface area contributed by atoms with Gasteiger partial charge in [-0.1, -0.05) is 23.7 Å². The molecule has 0 unspecified atom stereocenters. The standard InChI is InChI=1S/C23H23ClFNO4S/c1-15-8-9-18(12-22(15)25)26(14-17-10-19(29-3)13-20(11-17)30-4)31(27,28)23-7-5-6-21(24)16(23)2/h5-13H,14H2,1-4H3. The maximum Gasteiger partial charge on any atom is 0.264 e. The minimum atomic E-state index is -4.07. The van der Waals surface area contributed by atoms with Gasteiger partial charge in [0, 0.05) is 11.1 Å². The number of nitrogens with zero attached hydrogens (tertiary/aromatic N) is 1. The second-order valence-electron chi connectivity index (χ2n) is 7.03. The average Bonchev–Trinajstić information content (AvgIpc) is 2.75. The Bertz CT molecular complexity index is 1190. The number of ether oxygens (including phenoxy) is 2. The molecule has 0 N–H and O–H groups in total. The number of anilines is 1. The van der Waals surface area contributed by atoms with E-state index in [-0.39, 0.29) is 17.1 Å². The fourth-order valence-corrected chi connectivity index (χ4v) is 5.09. The van der Waals surface area contributed by atoms with E-state index in [0.29, 0.717) is 33.2 Å². The molecule has 0 saturated carbocycles. The van der Waals surface area contributed by atoms with E-state index in [0.717, 1.165) is 4.31 Å². The lowest BCUT2D eigenvalue weighted by molar-refractivity contribution is 0.393. The zero-order chi connectivity index (χ0) is 22.8. The van der Waals surface area contributed by atoms with Crippen LogP contribution in [0.25, 0.3) is 0 Å². The molecule has 31 heavy (non-hydrogen) atoms. The van der Waals surface area contributed by atoms with Crippen molar-refractivity contribution in [1.29, 1.82) is 0 Å². The summed E-state index contributed by atoms with van der Waals surface area (Å²) in [5, 5.41) is 0.333. The number of sulfonamides is 1. The number of aryl methyl sites for hydroxylation is 1. The number of methoxy groups -OCH3 is 2. The molecule has 0 heterocycles. The van der Waals surface area contributed by atoms with Gasteiger partial charge in [0.25, 0.3) is 10.0 Å². The fraction of sp³-hybridized carbons (Fsp3) is 0.217. The van der Waals surface area contributed by atoms with Crippen molar-refractivity contribution in [1.82, 2.24) is 0 Å². The highest BCUT2D eigenvalue weighted by molar-refractivity contribution is 7.92. The predicted octanol–water partition coefficient (Wildman–Crippen LogP) is 5.51. The van der Waals surface area contributed by atoms with Crippen LogP contribution >= 0.6 is 11.6 Å². The third kappa shape index (κ3) is 4.78. The van der Waals surface area contributed by atoms with Crippen molar-refractivity contribution in [3.05, 3.63) is 82.1 Å². The van der Waals surface area contributed by atoms with E-state index in [9.17, 15) is 12.8 Å². The van der Waals surface area contributed by atoms with Crippen molar-refractivity contribution in [3.8, 4) is 11.5 Å². The summed E-state index contributed by atoms with van der Waals surface area (Å²) in [5.41, 5.74) is 1.65. The molecule has 0 fully saturated rings. The molecular formula is C23H23ClFNO4S. The molecule has 0 aliphatic carbocycles. The first-order valence-corrected chi connectivity index (χ1v) is 11.2. The SMILES string of the molecule is COc1cc(CN(c2ccc(C)c(F)c2)S(=O)(=O)c2cccc(Cl)c2C)cc(OC)c1. The largest absolute Gasteiger partial charge is 0.497 e. The van der Waals surface area contributed by atoms with Gasteiger partial charge in [-0.25, -0.2) is 12.8 Å². The topological polar surface area (TPSA) is 55.8 Å². The third-order valence-electron chi connectivity index (χ3n) is 4.97. The smallest absolute Gasteiger partial charge is 0.264 e. The van der Waals surface area contributed by atoms with Gasteiger partial charge in [0.2, 0.25) is 0 Å². The summed E-state index contributed by atoms with van der Waals surface area (Å²) in [5.74, 6) is 0.533. The Morgan fingerprint density at radius 3 is 2.19 bits per heavy atom. The zero-order valence-corrected chi connectivity index (χ0v) is 19.2. The molecular weight excluding hydrogens is 441 g/mol. The van der Waals surface area contributed by atoms with Gasteiger partial charge in [0.05, 0.1) is 31.3 Å². The molecule has 0 aliphatic heterocycles. The lowest BCUT2D eigenvalue weighted by atomic mass is 10.1. The summed E-state index contributed by atoms with van der Waals surface area (Å²) in [6.07, 6.45) is 0. The van der Waals surface area contributed by atoms with E-state index < -0.39 is 15.8 Å². The van der Waals surface area contributed by atoms with Crippen molar-refractivity contribution < 1.29 is 22.3 Å². The number of hydrogen-bond donors (Lipinski definition) is 0. The summed E-state index contributed by atoms with van der Waals surface area (Å²) in [6, 6.07) is 14.1. The monoisotopic (exact) mass is 463 g/mol. The van der Waals surface area contributed by atoms with Gasteiger partial charge in [-0.2, -0.15) is 0 Å². The van der Waals surface area contributed by atoms with Crippen LogP contribution in [0.3, 0.4) is 0 Å². The predicted molar refractivity (Wildman–Crippen MR) is 120 cm³/mol. The third-order valence-corrected chi connectivity index (χ3v) is 7.29. The number of hydrogen-bond acceptors (Lipinski definition) is 4. The van der Waals surface area contributed by atoms with Crippen molar-refractivity contribution in [2.24, 2.45) is 0 Å². The molecule has 164 valence electrons. The van der Waals surface area contributed by atoms with Crippen LogP contribution in [0.2, 0.25) is 5.02 Å². The number of benzene rings is 3. The number of rotatable bonds is 7. The molecule has 0 aromatic heterocycles. The Balaban J connectivity index is 2.18. The quantitative estimate of drug-likeness (QED) is 0.463. The molecule has 0 radical (unpaired) electrons. The molecule has 0 atom stereocenters. The van der Waals surface area contributed by atoms with Gasteiger partial charge >= 0.3 is 0 Å². The van der Waals surface area contributed by atoms with Crippen molar-refractivity contribution in [2.75, 3.05) is 18.5 Å². The van der Waals surface area contributed by atoms with Crippen LogP contribution in [-0.4, -0.2) is 22.6 Å². The van der Waals surface area contributed by atoms with Crippen molar-refractivity contribution in [3.63, 3.8) is 0 Å². The average molecular weight is 464 g/mol. The van der Waals surface area contributed by atoms with E-state index in [2.05, 4.69) is 0 Å². The highest BCUT2D eigenvalue weighted by Gasteiger charge is 2.28. The lowest BCUT2D eigenvalue weighted by Gasteiger charge is -2.26. The first-order chi connectivity index (χ1) is 14.7. The van der Waals surface area contributed by atoms with E-state index in [4.69, 9.17) is 21.1 Å². The molecule has 0 saturated heterocycles. The van der Waals surface area contributed by atoms with Gasteiger partial charge in [0.1, 0.15) is 17.3 Å². The van der Waals surface area contributed by atoms with E-state index in [1.807, 2.05) is 0 Å². The molecule has 3 aromatic rings. The normalized spacial score (nSPS) is 11.3. The Kier molecular flexibility index (Phi) is 6.77. The van der Waals surface area contributed by atoms with Crippen LogP contribution in [-0.2, 0) is 16.6 Å². The molecule has 0 bridgehead atoms. The van der Waals surface area contributed by atoms with Crippen LogP contribution in [0.4, 0.5) is 10.1 Å². The minimum Gasteiger partial charge on any atom is -0.497 e. The van der Waals surface area contributed by atoms with Crippen LogP contribution in [0, 0.1) is 19.7 Å².